The molecule has 1 saturated carbocycles. The number of hydrogen-bond donors (Lipinski definition) is 1. The van der Waals surface area contributed by atoms with Crippen LogP contribution in [0.4, 0.5) is 0 Å². The molecule has 0 bridgehead atoms. The van der Waals surface area contributed by atoms with Crippen molar-refractivity contribution in [2.24, 2.45) is 11.8 Å². The van der Waals surface area contributed by atoms with Gasteiger partial charge in [0.25, 0.3) is 0 Å². The predicted molar refractivity (Wildman–Crippen MR) is 62.3 cm³/mol. The topological polar surface area (TPSA) is 57.6 Å². The van der Waals surface area contributed by atoms with Gasteiger partial charge in [-0.2, -0.15) is 11.8 Å². The summed E-state index contributed by atoms with van der Waals surface area (Å²) >= 11 is 1.75. The van der Waals surface area contributed by atoms with Gasteiger partial charge in [0.1, 0.15) is 0 Å². The summed E-state index contributed by atoms with van der Waals surface area (Å²) in [5, 5.41) is 8.81. The number of hydrogen-bond acceptors (Lipinski definition) is 3. The summed E-state index contributed by atoms with van der Waals surface area (Å²) in [6.45, 7) is 0.812. The van der Waals surface area contributed by atoms with E-state index in [1.807, 2.05) is 11.2 Å². The number of nitrogens with zero attached hydrogens (tertiary/aromatic N) is 1. The molecule has 1 aliphatic carbocycles. The third-order valence-corrected chi connectivity index (χ3v) is 4.16. The number of rotatable bonds is 4. The molecule has 3 unspecified atom stereocenters. The Morgan fingerprint density at radius 2 is 2.19 bits per heavy atom. The minimum atomic E-state index is -0.820. The lowest BCUT2D eigenvalue weighted by Gasteiger charge is -2.24. The normalized spacial score (nSPS) is 32.8. The summed E-state index contributed by atoms with van der Waals surface area (Å²) < 4.78 is 0. The molecule has 1 saturated heterocycles. The van der Waals surface area contributed by atoms with E-state index in [0.29, 0.717) is 12.5 Å². The summed E-state index contributed by atoms with van der Waals surface area (Å²) in [5.41, 5.74) is 0. The molecule has 0 spiro atoms. The number of carbonyl (C=O) groups is 2. The highest BCUT2D eigenvalue weighted by molar-refractivity contribution is 7.98. The van der Waals surface area contributed by atoms with Crippen LogP contribution in [0.1, 0.15) is 19.3 Å². The van der Waals surface area contributed by atoms with Crippen molar-refractivity contribution in [1.82, 2.24) is 4.90 Å². The smallest absolute Gasteiger partial charge is 0.307 e. The third-order valence-electron chi connectivity index (χ3n) is 3.44. The molecular formula is C11H17NO3S. The molecule has 2 fully saturated rings. The highest BCUT2D eigenvalue weighted by atomic mass is 32.2. The second-order valence-electron chi connectivity index (χ2n) is 4.57. The Morgan fingerprint density at radius 3 is 2.75 bits per heavy atom. The van der Waals surface area contributed by atoms with E-state index < -0.39 is 11.9 Å². The first-order chi connectivity index (χ1) is 7.65. The van der Waals surface area contributed by atoms with Gasteiger partial charge in [-0.3, -0.25) is 9.59 Å². The molecule has 2 rings (SSSR count). The van der Waals surface area contributed by atoms with Crippen molar-refractivity contribution in [3.05, 3.63) is 0 Å². The fourth-order valence-electron chi connectivity index (χ4n) is 2.45. The average Bonchev–Trinajstić information content (AvgIpc) is 2.92. The van der Waals surface area contributed by atoms with Crippen LogP contribution in [-0.4, -0.2) is 46.5 Å². The summed E-state index contributed by atoms with van der Waals surface area (Å²) in [5.74, 6) is -0.429. The molecule has 0 aromatic rings. The Morgan fingerprint density at radius 1 is 1.44 bits per heavy atom. The molecule has 90 valence electrons. The van der Waals surface area contributed by atoms with Gasteiger partial charge in [-0.15, -0.1) is 0 Å². The van der Waals surface area contributed by atoms with Crippen LogP contribution in [0.5, 0.6) is 0 Å². The van der Waals surface area contributed by atoms with Crippen LogP contribution in [0.25, 0.3) is 0 Å². The number of carbonyl (C=O) groups excluding carboxylic acids is 1. The van der Waals surface area contributed by atoms with Gasteiger partial charge in [0, 0.05) is 18.3 Å². The molecule has 2 aliphatic rings. The van der Waals surface area contributed by atoms with Crippen LogP contribution in [0.15, 0.2) is 0 Å². The molecule has 0 radical (unpaired) electrons. The fourth-order valence-corrected chi connectivity index (χ4v) is 3.18. The number of aliphatic carboxylic acids is 1. The van der Waals surface area contributed by atoms with Gasteiger partial charge >= 0.3 is 5.97 Å². The van der Waals surface area contributed by atoms with Gasteiger partial charge in [0.2, 0.25) is 5.91 Å². The lowest BCUT2D eigenvalue weighted by atomic mass is 10.2. The largest absolute Gasteiger partial charge is 0.481 e. The second kappa shape index (κ2) is 4.65. The summed E-state index contributed by atoms with van der Waals surface area (Å²) in [6.07, 6.45) is 4.70. The molecule has 1 heterocycles. The SMILES string of the molecule is CSCC1CCCN1C(=O)C1CC1C(=O)O. The molecular weight excluding hydrogens is 226 g/mol. The van der Waals surface area contributed by atoms with E-state index in [9.17, 15) is 9.59 Å². The molecule has 0 aromatic carbocycles. The quantitative estimate of drug-likeness (QED) is 0.802. The highest BCUT2D eigenvalue weighted by Crippen LogP contribution is 2.41. The molecule has 16 heavy (non-hydrogen) atoms. The van der Waals surface area contributed by atoms with Crippen molar-refractivity contribution < 1.29 is 14.7 Å². The molecule has 5 heteroatoms. The maximum Gasteiger partial charge on any atom is 0.307 e. The molecule has 0 aromatic heterocycles. The molecule has 1 amide bonds. The minimum Gasteiger partial charge on any atom is -0.481 e. The molecule has 4 nitrogen and oxygen atoms in total. The second-order valence-corrected chi connectivity index (χ2v) is 5.48. The summed E-state index contributed by atoms with van der Waals surface area (Å²) in [6, 6.07) is 0.331. The number of likely N-dealkylation sites (tertiary alicyclic amines) is 1. The van der Waals surface area contributed by atoms with Gasteiger partial charge in [0.05, 0.1) is 11.8 Å². The molecule has 1 aliphatic heterocycles. The Hall–Kier alpha value is -0.710. The standard InChI is InChI=1S/C11H17NO3S/c1-16-6-7-3-2-4-12(7)10(13)8-5-9(8)11(14)15/h7-9H,2-6H2,1H3,(H,14,15). The fraction of sp³-hybridized carbons (Fsp3) is 0.818. The van der Waals surface area contributed by atoms with Crippen molar-refractivity contribution >= 4 is 23.6 Å². The van der Waals surface area contributed by atoms with Gasteiger partial charge in [-0.1, -0.05) is 0 Å². The Bertz CT molecular complexity index is 308. The first kappa shape index (κ1) is 11.8. The van der Waals surface area contributed by atoms with Crippen LogP contribution in [0, 0.1) is 11.8 Å². The Labute approximate surface area is 99.4 Å². The zero-order chi connectivity index (χ0) is 11.7. The van der Waals surface area contributed by atoms with Crippen LogP contribution >= 0.6 is 11.8 Å². The van der Waals surface area contributed by atoms with E-state index in [4.69, 9.17) is 5.11 Å². The first-order valence-electron chi connectivity index (χ1n) is 5.67. The van der Waals surface area contributed by atoms with Crippen molar-refractivity contribution in [1.29, 1.82) is 0 Å². The lowest BCUT2D eigenvalue weighted by Crippen LogP contribution is -2.38. The van der Waals surface area contributed by atoms with Crippen LogP contribution in [0.2, 0.25) is 0 Å². The minimum absolute atomic E-state index is 0.0731. The van der Waals surface area contributed by atoms with E-state index in [2.05, 4.69) is 0 Å². The average molecular weight is 243 g/mol. The Balaban J connectivity index is 1.92. The van der Waals surface area contributed by atoms with E-state index in [0.717, 1.165) is 25.1 Å². The van der Waals surface area contributed by atoms with Crippen molar-refractivity contribution in [2.45, 2.75) is 25.3 Å². The third kappa shape index (κ3) is 2.19. The number of thioether (sulfide) groups is 1. The lowest BCUT2D eigenvalue weighted by molar-refractivity contribution is -0.142. The number of carboxylic acid groups (broad SMARTS) is 1. The van der Waals surface area contributed by atoms with Crippen molar-refractivity contribution in [3.8, 4) is 0 Å². The van der Waals surface area contributed by atoms with E-state index in [-0.39, 0.29) is 11.8 Å². The number of carboxylic acids is 1. The van der Waals surface area contributed by atoms with Crippen LogP contribution in [-0.2, 0) is 9.59 Å². The molecule has 1 N–H and O–H groups in total. The highest BCUT2D eigenvalue weighted by Gasteiger charge is 2.51. The van der Waals surface area contributed by atoms with Crippen LogP contribution < -0.4 is 0 Å². The summed E-state index contributed by atoms with van der Waals surface area (Å²) in [4.78, 5) is 24.7. The van der Waals surface area contributed by atoms with Crippen molar-refractivity contribution in [3.63, 3.8) is 0 Å². The van der Waals surface area contributed by atoms with Gasteiger partial charge < -0.3 is 10.0 Å². The summed E-state index contributed by atoms with van der Waals surface area (Å²) in [7, 11) is 0. The van der Waals surface area contributed by atoms with E-state index >= 15 is 0 Å². The predicted octanol–water partition coefficient (Wildman–Crippen LogP) is 1.06. The molecule has 3 atom stereocenters. The van der Waals surface area contributed by atoms with Gasteiger partial charge in [0.15, 0.2) is 0 Å². The number of amides is 1. The van der Waals surface area contributed by atoms with Gasteiger partial charge in [-0.05, 0) is 25.5 Å². The Kier molecular flexibility index (Phi) is 3.42. The first-order valence-corrected chi connectivity index (χ1v) is 7.06. The maximum atomic E-state index is 12.1. The van der Waals surface area contributed by atoms with Gasteiger partial charge in [-0.25, -0.2) is 0 Å². The van der Waals surface area contributed by atoms with E-state index in [1.54, 1.807) is 11.8 Å². The van der Waals surface area contributed by atoms with E-state index in [1.165, 1.54) is 0 Å². The monoisotopic (exact) mass is 243 g/mol. The maximum absolute atomic E-state index is 12.1. The zero-order valence-electron chi connectivity index (χ0n) is 9.39. The van der Waals surface area contributed by atoms with Crippen molar-refractivity contribution in [2.75, 3.05) is 18.6 Å². The zero-order valence-corrected chi connectivity index (χ0v) is 10.2. The van der Waals surface area contributed by atoms with Crippen LogP contribution in [0.3, 0.4) is 0 Å².